The number of hydrogen-bond acceptors (Lipinski definition) is 4. The third-order valence-electron chi connectivity index (χ3n) is 4.69. The van der Waals surface area contributed by atoms with Crippen molar-refractivity contribution in [1.82, 2.24) is 20.1 Å². The van der Waals surface area contributed by atoms with Gasteiger partial charge in [0.1, 0.15) is 6.04 Å². The molecule has 2 aromatic heterocycles. The maximum atomic E-state index is 12.3. The van der Waals surface area contributed by atoms with Crippen molar-refractivity contribution in [3.63, 3.8) is 0 Å². The number of nitrogens with one attached hydrogen (secondary N) is 2. The van der Waals surface area contributed by atoms with E-state index in [1.54, 1.807) is 23.9 Å². The number of rotatable bonds is 7. The second-order valence-electron chi connectivity index (χ2n) is 6.74. The average molecular weight is 355 g/mol. The summed E-state index contributed by atoms with van der Waals surface area (Å²) in [6.45, 7) is 2.38. The van der Waals surface area contributed by atoms with Crippen molar-refractivity contribution < 1.29 is 9.59 Å². The maximum absolute atomic E-state index is 12.3. The summed E-state index contributed by atoms with van der Waals surface area (Å²) in [5, 5.41) is 9.90. The normalized spacial score (nSPS) is 15.6. The minimum atomic E-state index is -0.582. The highest BCUT2D eigenvalue weighted by Crippen LogP contribution is 2.24. The molecule has 0 spiro atoms. The second-order valence-corrected chi connectivity index (χ2v) is 6.74. The van der Waals surface area contributed by atoms with Gasteiger partial charge in [-0.15, -0.1) is 0 Å². The first-order chi connectivity index (χ1) is 12.6. The summed E-state index contributed by atoms with van der Waals surface area (Å²) < 4.78 is 1.77. The Kier molecular flexibility index (Phi) is 5.99. The number of anilines is 1. The van der Waals surface area contributed by atoms with Crippen molar-refractivity contribution in [2.24, 2.45) is 5.92 Å². The van der Waals surface area contributed by atoms with Crippen LogP contribution < -0.4 is 10.6 Å². The first kappa shape index (κ1) is 18.1. The number of hydrogen-bond donors (Lipinski definition) is 2. The molecule has 0 aromatic carbocycles. The van der Waals surface area contributed by atoms with Gasteiger partial charge in [-0.3, -0.25) is 19.3 Å². The standard InChI is InChI=1S/C19H25N5O2/c1-14(21-19(26)15-6-2-3-7-15)18(25)22-17-10-13-24(23-17)12-9-16-8-4-5-11-20-16/h4-5,8,10-11,13-15H,2-3,6-7,9,12H2,1H3,(H,21,26)(H,22,23,25)/t14-/m0/s1. The molecule has 1 fully saturated rings. The van der Waals surface area contributed by atoms with Crippen molar-refractivity contribution in [2.45, 2.75) is 51.6 Å². The zero-order valence-electron chi connectivity index (χ0n) is 15.0. The summed E-state index contributed by atoms with van der Waals surface area (Å²) in [5.74, 6) is 0.256. The van der Waals surface area contributed by atoms with Crippen molar-refractivity contribution >= 4 is 17.6 Å². The first-order valence-electron chi connectivity index (χ1n) is 9.16. The van der Waals surface area contributed by atoms with Crippen LogP contribution in [0, 0.1) is 5.92 Å². The molecule has 1 saturated carbocycles. The highest BCUT2D eigenvalue weighted by atomic mass is 16.2. The van der Waals surface area contributed by atoms with Crippen LogP contribution >= 0.6 is 0 Å². The molecule has 1 atom stereocenters. The number of carbonyl (C=O) groups is 2. The second kappa shape index (κ2) is 8.60. The lowest BCUT2D eigenvalue weighted by Gasteiger charge is -2.16. The molecule has 1 aliphatic rings. The van der Waals surface area contributed by atoms with Gasteiger partial charge in [0.25, 0.3) is 0 Å². The van der Waals surface area contributed by atoms with Crippen molar-refractivity contribution in [2.75, 3.05) is 5.32 Å². The van der Waals surface area contributed by atoms with E-state index in [2.05, 4.69) is 20.7 Å². The van der Waals surface area contributed by atoms with Gasteiger partial charge in [0.05, 0.1) is 0 Å². The Bertz CT molecular complexity index is 737. The Balaban J connectivity index is 1.46. The minimum Gasteiger partial charge on any atom is -0.344 e. The number of aromatic nitrogens is 3. The van der Waals surface area contributed by atoms with Gasteiger partial charge in [-0.2, -0.15) is 5.10 Å². The third kappa shape index (κ3) is 4.91. The minimum absolute atomic E-state index is 0.0222. The van der Waals surface area contributed by atoms with Crippen LogP contribution in [0.25, 0.3) is 0 Å². The molecule has 0 saturated heterocycles. The van der Waals surface area contributed by atoms with Crippen molar-refractivity contribution in [3.8, 4) is 0 Å². The molecule has 1 aliphatic carbocycles. The monoisotopic (exact) mass is 355 g/mol. The topological polar surface area (TPSA) is 88.9 Å². The molecule has 7 heteroatoms. The molecule has 3 rings (SSSR count). The number of amides is 2. The molecule has 0 radical (unpaired) electrons. The van der Waals surface area contributed by atoms with Crippen LogP contribution in [0.5, 0.6) is 0 Å². The molecule has 2 heterocycles. The fraction of sp³-hybridized carbons (Fsp3) is 0.474. The highest BCUT2D eigenvalue weighted by molar-refractivity contribution is 5.96. The molecule has 7 nitrogen and oxygen atoms in total. The summed E-state index contributed by atoms with van der Waals surface area (Å²) in [4.78, 5) is 28.7. The molecular weight excluding hydrogens is 330 g/mol. The number of nitrogens with zero attached hydrogens (tertiary/aromatic N) is 3. The van der Waals surface area contributed by atoms with Gasteiger partial charge in [0, 0.05) is 43.0 Å². The molecule has 2 N–H and O–H groups in total. The fourth-order valence-electron chi connectivity index (χ4n) is 3.15. The summed E-state index contributed by atoms with van der Waals surface area (Å²) >= 11 is 0. The van der Waals surface area contributed by atoms with Gasteiger partial charge >= 0.3 is 0 Å². The van der Waals surface area contributed by atoms with Crippen LogP contribution in [0.2, 0.25) is 0 Å². The Labute approximate surface area is 153 Å². The smallest absolute Gasteiger partial charge is 0.247 e. The highest BCUT2D eigenvalue weighted by Gasteiger charge is 2.25. The van der Waals surface area contributed by atoms with E-state index in [-0.39, 0.29) is 17.7 Å². The fourth-order valence-corrected chi connectivity index (χ4v) is 3.15. The Morgan fingerprint density at radius 1 is 1.27 bits per heavy atom. The SMILES string of the molecule is C[C@H](NC(=O)C1CCCC1)C(=O)Nc1ccn(CCc2ccccn2)n1. The van der Waals surface area contributed by atoms with Crippen LogP contribution in [-0.2, 0) is 22.6 Å². The molecule has 0 aliphatic heterocycles. The van der Waals surface area contributed by atoms with E-state index in [0.29, 0.717) is 12.4 Å². The lowest BCUT2D eigenvalue weighted by molar-refractivity contribution is -0.128. The Hall–Kier alpha value is -2.70. The van der Waals surface area contributed by atoms with E-state index in [9.17, 15) is 9.59 Å². The number of pyridine rings is 1. The van der Waals surface area contributed by atoms with Gasteiger partial charge in [0.2, 0.25) is 11.8 Å². The van der Waals surface area contributed by atoms with E-state index < -0.39 is 6.04 Å². The average Bonchev–Trinajstić information content (AvgIpc) is 3.33. The molecule has 2 aromatic rings. The number of carbonyl (C=O) groups excluding carboxylic acids is 2. The van der Waals surface area contributed by atoms with Crippen molar-refractivity contribution in [3.05, 3.63) is 42.4 Å². The van der Waals surface area contributed by atoms with Crippen LogP contribution in [-0.4, -0.2) is 32.6 Å². The molecule has 0 unspecified atom stereocenters. The van der Waals surface area contributed by atoms with Gasteiger partial charge in [0.15, 0.2) is 5.82 Å². The zero-order chi connectivity index (χ0) is 18.4. The van der Waals surface area contributed by atoms with E-state index in [4.69, 9.17) is 0 Å². The summed E-state index contributed by atoms with van der Waals surface area (Å²) in [6.07, 6.45) is 8.38. The maximum Gasteiger partial charge on any atom is 0.247 e. The quantitative estimate of drug-likeness (QED) is 0.796. The lowest BCUT2D eigenvalue weighted by atomic mass is 10.1. The van der Waals surface area contributed by atoms with E-state index in [1.807, 2.05) is 24.4 Å². The van der Waals surface area contributed by atoms with Gasteiger partial charge in [-0.05, 0) is 31.9 Å². The Morgan fingerprint density at radius 3 is 2.81 bits per heavy atom. The van der Waals surface area contributed by atoms with E-state index in [1.165, 1.54) is 0 Å². The molecule has 0 bridgehead atoms. The van der Waals surface area contributed by atoms with Crippen LogP contribution in [0.4, 0.5) is 5.82 Å². The van der Waals surface area contributed by atoms with Crippen LogP contribution in [0.3, 0.4) is 0 Å². The van der Waals surface area contributed by atoms with Gasteiger partial charge in [-0.1, -0.05) is 18.9 Å². The van der Waals surface area contributed by atoms with Crippen molar-refractivity contribution in [1.29, 1.82) is 0 Å². The summed E-state index contributed by atoms with van der Waals surface area (Å²) in [6, 6.07) is 6.99. The molecule has 138 valence electrons. The molecular formula is C19H25N5O2. The summed E-state index contributed by atoms with van der Waals surface area (Å²) in [7, 11) is 0. The largest absolute Gasteiger partial charge is 0.344 e. The van der Waals surface area contributed by atoms with Crippen LogP contribution in [0.1, 0.15) is 38.3 Å². The molecule has 2 amide bonds. The lowest BCUT2D eigenvalue weighted by Crippen LogP contribution is -2.43. The third-order valence-corrected chi connectivity index (χ3v) is 4.69. The van der Waals surface area contributed by atoms with Crippen LogP contribution in [0.15, 0.2) is 36.7 Å². The van der Waals surface area contributed by atoms with E-state index in [0.717, 1.165) is 37.8 Å². The zero-order valence-corrected chi connectivity index (χ0v) is 15.0. The first-order valence-corrected chi connectivity index (χ1v) is 9.16. The van der Waals surface area contributed by atoms with Gasteiger partial charge < -0.3 is 10.6 Å². The Morgan fingerprint density at radius 2 is 2.08 bits per heavy atom. The predicted octanol–water partition coefficient (Wildman–Crippen LogP) is 2.15. The van der Waals surface area contributed by atoms with E-state index >= 15 is 0 Å². The predicted molar refractivity (Wildman–Crippen MR) is 98.4 cm³/mol. The number of aryl methyl sites for hydroxylation is 2. The molecule has 26 heavy (non-hydrogen) atoms. The summed E-state index contributed by atoms with van der Waals surface area (Å²) in [5.41, 5.74) is 0.997. The van der Waals surface area contributed by atoms with Gasteiger partial charge in [-0.25, -0.2) is 0 Å².